The molecule has 1 heterocycles. The number of methoxy groups -OCH3 is 1. The van der Waals surface area contributed by atoms with Crippen LogP contribution in [-0.2, 0) is 0 Å². The molecule has 1 atom stereocenters. The number of pyridine rings is 1. The van der Waals surface area contributed by atoms with Crippen LogP contribution in [-0.4, -0.2) is 18.6 Å². The molecule has 1 fully saturated rings. The van der Waals surface area contributed by atoms with Crippen LogP contribution in [0.3, 0.4) is 0 Å². The quantitative estimate of drug-likeness (QED) is 0.850. The average Bonchev–Trinajstić information content (AvgIpc) is 2.89. The molecule has 3 nitrogen and oxygen atoms in total. The first-order valence-electron chi connectivity index (χ1n) is 6.59. The summed E-state index contributed by atoms with van der Waals surface area (Å²) in [4.78, 5) is 4.53. The Hall–Kier alpha value is -1.09. The summed E-state index contributed by atoms with van der Waals surface area (Å²) in [7, 11) is 1.72. The van der Waals surface area contributed by atoms with Crippen molar-refractivity contribution in [1.29, 1.82) is 0 Å². The largest absolute Gasteiger partial charge is 0.495 e. The maximum atomic E-state index is 5.43. The molecule has 0 aromatic carbocycles. The van der Waals surface area contributed by atoms with E-state index in [1.807, 2.05) is 18.3 Å². The molecule has 94 valence electrons. The van der Waals surface area contributed by atoms with Gasteiger partial charge < -0.3 is 10.1 Å². The molecule has 1 aromatic rings. The second kappa shape index (κ2) is 6.01. The third-order valence-electron chi connectivity index (χ3n) is 3.61. The van der Waals surface area contributed by atoms with Crippen molar-refractivity contribution in [3.05, 3.63) is 24.0 Å². The predicted molar refractivity (Wildman–Crippen MR) is 69.2 cm³/mol. The summed E-state index contributed by atoms with van der Waals surface area (Å²) in [5.74, 6) is 1.61. The van der Waals surface area contributed by atoms with Crippen molar-refractivity contribution in [3.63, 3.8) is 0 Å². The highest BCUT2D eigenvalue weighted by atomic mass is 16.5. The Morgan fingerprint density at radius 2 is 2.24 bits per heavy atom. The highest BCUT2D eigenvalue weighted by Gasteiger charge is 2.28. The summed E-state index contributed by atoms with van der Waals surface area (Å²) in [5, 5.41) is 3.57. The molecule has 0 saturated heterocycles. The van der Waals surface area contributed by atoms with E-state index in [0.29, 0.717) is 12.0 Å². The maximum absolute atomic E-state index is 5.43. The molecule has 2 rings (SSSR count). The zero-order valence-electron chi connectivity index (χ0n) is 10.8. The summed E-state index contributed by atoms with van der Waals surface area (Å²) >= 11 is 0. The summed E-state index contributed by atoms with van der Waals surface area (Å²) < 4.78 is 5.43. The van der Waals surface area contributed by atoms with Gasteiger partial charge in [-0.3, -0.25) is 4.98 Å². The van der Waals surface area contributed by atoms with Gasteiger partial charge in [-0.15, -0.1) is 0 Å². The molecular weight excluding hydrogens is 212 g/mol. The number of ether oxygens (including phenoxy) is 1. The lowest BCUT2D eigenvalue weighted by molar-refractivity contribution is 0.341. The molecule has 1 unspecified atom stereocenters. The lowest BCUT2D eigenvalue weighted by atomic mass is 9.94. The summed E-state index contributed by atoms with van der Waals surface area (Å²) in [6.07, 6.45) is 7.16. The van der Waals surface area contributed by atoms with E-state index >= 15 is 0 Å². The van der Waals surface area contributed by atoms with Crippen molar-refractivity contribution < 1.29 is 4.74 Å². The number of hydrogen-bond donors (Lipinski definition) is 1. The molecule has 1 N–H and O–H groups in total. The number of nitrogens with one attached hydrogen (secondary N) is 1. The molecule has 17 heavy (non-hydrogen) atoms. The lowest BCUT2D eigenvalue weighted by Crippen LogP contribution is -2.28. The van der Waals surface area contributed by atoms with Gasteiger partial charge in [-0.2, -0.15) is 0 Å². The van der Waals surface area contributed by atoms with Crippen molar-refractivity contribution in [1.82, 2.24) is 10.3 Å². The molecular formula is C14H22N2O. The molecule has 1 aliphatic rings. The van der Waals surface area contributed by atoms with Crippen LogP contribution in [0.1, 0.15) is 44.3 Å². The monoisotopic (exact) mass is 234 g/mol. The van der Waals surface area contributed by atoms with E-state index in [1.165, 1.54) is 25.7 Å². The first kappa shape index (κ1) is 12.4. The van der Waals surface area contributed by atoms with Gasteiger partial charge in [0.25, 0.3) is 0 Å². The summed E-state index contributed by atoms with van der Waals surface area (Å²) in [5.41, 5.74) is 1.07. The molecule has 0 aliphatic heterocycles. The van der Waals surface area contributed by atoms with E-state index in [1.54, 1.807) is 7.11 Å². The van der Waals surface area contributed by atoms with Gasteiger partial charge in [0, 0.05) is 6.20 Å². The van der Waals surface area contributed by atoms with E-state index in [4.69, 9.17) is 4.74 Å². The fourth-order valence-corrected chi connectivity index (χ4v) is 2.81. The van der Waals surface area contributed by atoms with E-state index in [9.17, 15) is 0 Å². The van der Waals surface area contributed by atoms with Gasteiger partial charge >= 0.3 is 0 Å². The second-order valence-corrected chi connectivity index (χ2v) is 4.67. The van der Waals surface area contributed by atoms with Gasteiger partial charge in [-0.25, -0.2) is 0 Å². The number of nitrogens with zero attached hydrogens (tertiary/aromatic N) is 1. The molecule has 0 amide bonds. The number of aromatic nitrogens is 1. The zero-order valence-corrected chi connectivity index (χ0v) is 10.8. The second-order valence-electron chi connectivity index (χ2n) is 4.67. The van der Waals surface area contributed by atoms with E-state index in [0.717, 1.165) is 18.0 Å². The minimum absolute atomic E-state index is 0.346. The summed E-state index contributed by atoms with van der Waals surface area (Å²) in [6.45, 7) is 3.12. The normalized spacial score (nSPS) is 18.2. The Labute approximate surface area is 104 Å². The van der Waals surface area contributed by atoms with Crippen LogP contribution in [0, 0.1) is 5.92 Å². The first-order valence-corrected chi connectivity index (χ1v) is 6.59. The minimum atomic E-state index is 0.346. The zero-order chi connectivity index (χ0) is 12.1. The Morgan fingerprint density at radius 1 is 1.47 bits per heavy atom. The molecule has 1 aromatic heterocycles. The van der Waals surface area contributed by atoms with Crippen molar-refractivity contribution in [2.24, 2.45) is 5.92 Å². The van der Waals surface area contributed by atoms with Gasteiger partial charge in [0.1, 0.15) is 5.75 Å². The molecule has 3 heteroatoms. The van der Waals surface area contributed by atoms with E-state index in [-0.39, 0.29) is 0 Å². The van der Waals surface area contributed by atoms with Crippen molar-refractivity contribution >= 4 is 0 Å². The Morgan fingerprint density at radius 3 is 2.88 bits per heavy atom. The van der Waals surface area contributed by atoms with Crippen LogP contribution < -0.4 is 10.1 Å². The molecule has 0 spiro atoms. The minimum Gasteiger partial charge on any atom is -0.495 e. The molecule has 1 aliphatic carbocycles. The smallest absolute Gasteiger partial charge is 0.141 e. The average molecular weight is 234 g/mol. The highest BCUT2D eigenvalue weighted by Crippen LogP contribution is 2.37. The first-order chi connectivity index (χ1) is 8.36. The fraction of sp³-hybridized carbons (Fsp3) is 0.643. The third kappa shape index (κ3) is 2.78. The number of hydrogen-bond acceptors (Lipinski definition) is 3. The SMILES string of the molecule is CCNC(c1ncccc1OC)C1CCCC1. The van der Waals surface area contributed by atoms with Crippen molar-refractivity contribution in [3.8, 4) is 5.75 Å². The third-order valence-corrected chi connectivity index (χ3v) is 3.61. The van der Waals surface area contributed by atoms with E-state index in [2.05, 4.69) is 17.2 Å². The standard InChI is InChI=1S/C14H22N2O/c1-3-15-13(11-7-4-5-8-11)14-12(17-2)9-6-10-16-14/h6,9-11,13,15H,3-5,7-8H2,1-2H3. The van der Waals surface area contributed by atoms with Crippen LogP contribution >= 0.6 is 0 Å². The Balaban J connectivity index is 2.24. The van der Waals surface area contributed by atoms with Crippen LogP contribution in [0.25, 0.3) is 0 Å². The lowest BCUT2D eigenvalue weighted by Gasteiger charge is -2.25. The van der Waals surface area contributed by atoms with Gasteiger partial charge in [0.15, 0.2) is 0 Å². The van der Waals surface area contributed by atoms with Crippen LogP contribution in [0.15, 0.2) is 18.3 Å². The van der Waals surface area contributed by atoms with E-state index < -0.39 is 0 Å². The maximum Gasteiger partial charge on any atom is 0.141 e. The van der Waals surface area contributed by atoms with Gasteiger partial charge in [-0.1, -0.05) is 19.8 Å². The highest BCUT2D eigenvalue weighted by molar-refractivity contribution is 5.30. The van der Waals surface area contributed by atoms with Crippen LogP contribution in [0.4, 0.5) is 0 Å². The Bertz CT molecular complexity index is 348. The Kier molecular flexibility index (Phi) is 4.37. The van der Waals surface area contributed by atoms with Gasteiger partial charge in [-0.05, 0) is 37.4 Å². The van der Waals surface area contributed by atoms with Gasteiger partial charge in [0.2, 0.25) is 0 Å². The predicted octanol–water partition coefficient (Wildman–Crippen LogP) is 2.93. The molecule has 0 bridgehead atoms. The fourth-order valence-electron chi connectivity index (χ4n) is 2.81. The molecule has 0 radical (unpaired) electrons. The van der Waals surface area contributed by atoms with Crippen LogP contribution in [0.5, 0.6) is 5.75 Å². The summed E-state index contributed by atoms with van der Waals surface area (Å²) in [6, 6.07) is 4.28. The topological polar surface area (TPSA) is 34.2 Å². The van der Waals surface area contributed by atoms with Crippen LogP contribution in [0.2, 0.25) is 0 Å². The molecule has 1 saturated carbocycles. The number of rotatable bonds is 5. The van der Waals surface area contributed by atoms with Crippen molar-refractivity contribution in [2.75, 3.05) is 13.7 Å². The van der Waals surface area contributed by atoms with Crippen molar-refractivity contribution in [2.45, 2.75) is 38.6 Å². The van der Waals surface area contributed by atoms with Gasteiger partial charge in [0.05, 0.1) is 18.8 Å².